The van der Waals surface area contributed by atoms with Crippen LogP contribution < -0.4 is 10.6 Å². The average molecular weight is 512 g/mol. The molecule has 1 saturated heterocycles. The molecule has 0 spiro atoms. The summed E-state index contributed by atoms with van der Waals surface area (Å²) in [6.45, 7) is 12.0. The summed E-state index contributed by atoms with van der Waals surface area (Å²) in [6, 6.07) is 5.77. The van der Waals surface area contributed by atoms with Gasteiger partial charge < -0.3 is 14.8 Å². The molecule has 0 saturated carbocycles. The topological polar surface area (TPSA) is 123 Å². The summed E-state index contributed by atoms with van der Waals surface area (Å²) < 4.78 is 10.6. The third-order valence-corrected chi connectivity index (χ3v) is 6.02. The van der Waals surface area contributed by atoms with Gasteiger partial charge in [0.15, 0.2) is 0 Å². The summed E-state index contributed by atoms with van der Waals surface area (Å²) >= 11 is 0. The minimum atomic E-state index is -0.981. The van der Waals surface area contributed by atoms with Crippen LogP contribution in [0.4, 0.5) is 16.3 Å². The van der Waals surface area contributed by atoms with E-state index in [1.807, 2.05) is 12.3 Å². The number of rotatable bonds is 6. The molecule has 1 fully saturated rings. The van der Waals surface area contributed by atoms with Gasteiger partial charge in [-0.1, -0.05) is 19.9 Å². The molecule has 1 aliphatic rings. The molecule has 2 aromatic rings. The first-order valence-corrected chi connectivity index (χ1v) is 12.6. The molecule has 10 heteroatoms. The number of esters is 1. The number of aryl methyl sites for hydroxylation is 2. The van der Waals surface area contributed by atoms with Gasteiger partial charge in [0.1, 0.15) is 18.1 Å². The average Bonchev–Trinajstić information content (AvgIpc) is 2.83. The monoisotopic (exact) mass is 511 g/mol. The molecule has 37 heavy (non-hydrogen) atoms. The van der Waals surface area contributed by atoms with E-state index < -0.39 is 23.6 Å². The molecular formula is C27H37N5O5. The summed E-state index contributed by atoms with van der Waals surface area (Å²) in [5.74, 6) is -1.13. The van der Waals surface area contributed by atoms with Crippen LogP contribution in [-0.2, 0) is 25.5 Å². The van der Waals surface area contributed by atoms with Crippen LogP contribution in [0.25, 0.3) is 0 Å². The third-order valence-electron chi connectivity index (χ3n) is 6.02. The van der Waals surface area contributed by atoms with Gasteiger partial charge in [-0.3, -0.25) is 20.0 Å². The summed E-state index contributed by atoms with van der Waals surface area (Å²) in [6.07, 6.45) is 5.46. The Morgan fingerprint density at radius 2 is 1.86 bits per heavy atom. The molecule has 0 bridgehead atoms. The van der Waals surface area contributed by atoms with Crippen molar-refractivity contribution in [3.63, 3.8) is 0 Å². The second kappa shape index (κ2) is 12.1. The van der Waals surface area contributed by atoms with E-state index in [-0.39, 0.29) is 12.8 Å². The van der Waals surface area contributed by atoms with Crippen molar-refractivity contribution in [2.24, 2.45) is 5.92 Å². The molecule has 2 aromatic heterocycles. The molecule has 1 aliphatic heterocycles. The number of ether oxygens (including phenoxy) is 2. The van der Waals surface area contributed by atoms with Crippen molar-refractivity contribution in [3.05, 3.63) is 47.4 Å². The Morgan fingerprint density at radius 3 is 2.49 bits per heavy atom. The normalized spacial score (nSPS) is 18.1. The maximum absolute atomic E-state index is 12.5. The zero-order valence-corrected chi connectivity index (χ0v) is 22.5. The van der Waals surface area contributed by atoms with Crippen molar-refractivity contribution in [2.45, 2.75) is 72.4 Å². The lowest BCUT2D eigenvalue weighted by Crippen LogP contribution is -2.40. The van der Waals surface area contributed by atoms with Gasteiger partial charge in [-0.2, -0.15) is 0 Å². The number of hydrogen-bond acceptors (Lipinski definition) is 8. The summed E-state index contributed by atoms with van der Waals surface area (Å²) in [7, 11) is 0. The predicted molar refractivity (Wildman–Crippen MR) is 140 cm³/mol. The van der Waals surface area contributed by atoms with Crippen LogP contribution in [0, 0.1) is 12.8 Å². The molecular weight excluding hydrogens is 474 g/mol. The van der Waals surface area contributed by atoms with Gasteiger partial charge in [-0.25, -0.2) is 14.6 Å². The molecule has 10 nitrogen and oxygen atoms in total. The fourth-order valence-electron chi connectivity index (χ4n) is 4.17. The molecule has 2 amide bonds. The van der Waals surface area contributed by atoms with Crippen LogP contribution in [0.3, 0.4) is 0 Å². The van der Waals surface area contributed by atoms with E-state index in [9.17, 15) is 14.4 Å². The van der Waals surface area contributed by atoms with Crippen LogP contribution in [-0.4, -0.2) is 51.7 Å². The highest BCUT2D eigenvalue weighted by Crippen LogP contribution is 2.33. The Hall–Kier alpha value is -3.53. The summed E-state index contributed by atoms with van der Waals surface area (Å²) in [5.41, 5.74) is 2.35. The second-order valence-corrected chi connectivity index (χ2v) is 10.4. The molecule has 0 radical (unpaired) electrons. The van der Waals surface area contributed by atoms with Crippen LogP contribution in [0.1, 0.15) is 70.3 Å². The number of hydrogen-bond donors (Lipinski definition) is 2. The Labute approximate surface area is 218 Å². The number of carbonyl (C=O) groups is 3. The summed E-state index contributed by atoms with van der Waals surface area (Å²) in [5, 5.41) is 5.07. The van der Waals surface area contributed by atoms with E-state index in [1.165, 1.54) is 6.20 Å². The van der Waals surface area contributed by atoms with E-state index in [2.05, 4.69) is 45.4 Å². The van der Waals surface area contributed by atoms with Crippen LogP contribution in [0.15, 0.2) is 30.6 Å². The second-order valence-electron chi connectivity index (χ2n) is 10.4. The molecule has 0 aromatic carbocycles. The Bertz CT molecular complexity index is 1110. The number of piperidine rings is 1. The highest BCUT2D eigenvalue weighted by atomic mass is 16.6. The molecule has 200 valence electrons. The molecule has 2 N–H and O–H groups in total. The van der Waals surface area contributed by atoms with Crippen molar-refractivity contribution in [3.8, 4) is 0 Å². The molecule has 0 aliphatic carbocycles. The van der Waals surface area contributed by atoms with Crippen LogP contribution >= 0.6 is 0 Å². The Balaban J connectivity index is 1.56. The minimum absolute atomic E-state index is 0.00676. The van der Waals surface area contributed by atoms with Crippen molar-refractivity contribution in [2.75, 3.05) is 23.9 Å². The number of amides is 2. The number of nitrogens with one attached hydrogen (secondary N) is 2. The highest BCUT2D eigenvalue weighted by molar-refractivity contribution is 6.37. The first-order valence-electron chi connectivity index (χ1n) is 12.6. The van der Waals surface area contributed by atoms with E-state index in [0.717, 1.165) is 37.1 Å². The summed E-state index contributed by atoms with van der Waals surface area (Å²) in [4.78, 5) is 47.6. The van der Waals surface area contributed by atoms with Crippen LogP contribution in [0.5, 0.6) is 0 Å². The number of anilines is 2. The van der Waals surface area contributed by atoms with E-state index in [4.69, 9.17) is 9.47 Å². The highest BCUT2D eigenvalue weighted by Gasteiger charge is 2.29. The lowest BCUT2D eigenvalue weighted by atomic mass is 9.91. The third kappa shape index (κ3) is 8.24. The maximum atomic E-state index is 12.5. The predicted octanol–water partition coefficient (Wildman–Crippen LogP) is 4.61. The molecule has 3 rings (SSSR count). The van der Waals surface area contributed by atoms with Gasteiger partial charge in [-0.15, -0.1) is 0 Å². The number of pyridine rings is 2. The maximum Gasteiger partial charge on any atom is 0.413 e. The molecule has 2 atom stereocenters. The zero-order chi connectivity index (χ0) is 27.2. The van der Waals surface area contributed by atoms with Gasteiger partial charge in [0.25, 0.3) is 0 Å². The van der Waals surface area contributed by atoms with E-state index in [0.29, 0.717) is 23.0 Å². The fraction of sp³-hybridized carbons (Fsp3) is 0.519. The van der Waals surface area contributed by atoms with Gasteiger partial charge in [0, 0.05) is 24.5 Å². The quantitative estimate of drug-likeness (QED) is 0.426. The van der Waals surface area contributed by atoms with Crippen molar-refractivity contribution in [1.29, 1.82) is 0 Å². The van der Waals surface area contributed by atoms with Crippen molar-refractivity contribution >= 4 is 29.5 Å². The molecule has 2 unspecified atom stereocenters. The molecule has 3 heterocycles. The van der Waals surface area contributed by atoms with Gasteiger partial charge >= 0.3 is 18.0 Å². The number of carbonyl (C=O) groups excluding carboxylic acids is 3. The van der Waals surface area contributed by atoms with Crippen molar-refractivity contribution < 1.29 is 23.9 Å². The fourth-order valence-corrected chi connectivity index (χ4v) is 4.17. The Kier molecular flexibility index (Phi) is 9.20. The largest absolute Gasteiger partial charge is 0.444 e. The lowest BCUT2D eigenvalue weighted by Gasteiger charge is -2.38. The van der Waals surface area contributed by atoms with Gasteiger partial charge in [0.2, 0.25) is 0 Å². The first kappa shape index (κ1) is 28.0. The van der Waals surface area contributed by atoms with Crippen LogP contribution in [0.2, 0.25) is 0 Å². The van der Waals surface area contributed by atoms with Gasteiger partial charge in [0.05, 0.1) is 11.9 Å². The smallest absolute Gasteiger partial charge is 0.413 e. The standard InChI is InChI=1S/C27H37N5O5/c1-7-20-10-9-19(13-28-20)22-11-8-17(2)15-32(22)16-36-25(34)24(33)30-21-12-18(3)23(29-14-21)31-26(35)37-27(4,5)6/h9-10,12-14,17,22H,7-8,11,15-16H2,1-6H3,(H,30,33)(H,29,31,35). The first-order chi connectivity index (χ1) is 17.4. The number of aromatic nitrogens is 2. The lowest BCUT2D eigenvalue weighted by molar-refractivity contribution is -0.158. The SMILES string of the molecule is CCc1ccc(C2CCC(C)CN2COC(=O)C(=O)Nc2cnc(NC(=O)OC(C)(C)C)c(C)c2)cn1. The minimum Gasteiger partial charge on any atom is -0.444 e. The number of nitrogens with zero attached hydrogens (tertiary/aromatic N) is 3. The zero-order valence-electron chi connectivity index (χ0n) is 22.5. The van der Waals surface area contributed by atoms with E-state index >= 15 is 0 Å². The van der Waals surface area contributed by atoms with E-state index in [1.54, 1.807) is 33.8 Å². The number of likely N-dealkylation sites (tertiary alicyclic amines) is 1. The van der Waals surface area contributed by atoms with Gasteiger partial charge in [-0.05, 0) is 76.1 Å². The Morgan fingerprint density at radius 1 is 1.11 bits per heavy atom. The van der Waals surface area contributed by atoms with Crippen molar-refractivity contribution in [1.82, 2.24) is 14.9 Å².